The molecule has 6 fully saturated rings. The number of aromatic nitrogens is 11. The van der Waals surface area contributed by atoms with E-state index in [0.717, 1.165) is 39.8 Å². The molecule has 9 aliphatic heterocycles. The number of piperazine rings is 3. The Bertz CT molecular complexity index is 6140. The van der Waals surface area contributed by atoms with Crippen molar-refractivity contribution in [2.45, 2.75) is 190 Å². The summed E-state index contributed by atoms with van der Waals surface area (Å²) in [7, 11) is 7.14. The summed E-state index contributed by atoms with van der Waals surface area (Å²) in [6.45, 7) is 31.0. The minimum absolute atomic E-state index is 0. The number of anilines is 6. The second-order valence-corrected chi connectivity index (χ2v) is 38.3. The molecular formula is C100H140F10N24O8S3. The average molecular weight is 2090 g/mol. The third kappa shape index (κ3) is 26.0. The van der Waals surface area contributed by atoms with Crippen molar-refractivity contribution in [3.8, 4) is 18.0 Å². The summed E-state index contributed by atoms with van der Waals surface area (Å²) in [6.07, 6.45) is 4.01. The van der Waals surface area contributed by atoms with Crippen LogP contribution in [0, 0.1) is 34.3 Å². The molecule has 0 saturated carbocycles. The third-order valence-corrected chi connectivity index (χ3v) is 27.8. The molecule has 9 aromatic rings. The quantitative estimate of drug-likeness (QED) is 0.0278. The van der Waals surface area contributed by atoms with Crippen LogP contribution < -0.4 is 43.6 Å². The zero-order valence-electron chi connectivity index (χ0n) is 81.0. The van der Waals surface area contributed by atoms with Crippen molar-refractivity contribution in [1.29, 1.82) is 0 Å². The monoisotopic (exact) mass is 2090 g/mol. The van der Waals surface area contributed by atoms with Gasteiger partial charge in [0.1, 0.15) is 60.3 Å². The van der Waals surface area contributed by atoms with Gasteiger partial charge in [-0.1, -0.05) is 48.4 Å². The fraction of sp³-hybridized carbons (Fsp3) is 0.560. The Labute approximate surface area is 862 Å². The first-order valence-corrected chi connectivity index (χ1v) is 46.5. The van der Waals surface area contributed by atoms with Crippen molar-refractivity contribution < 1.29 is 82.3 Å². The number of halogens is 10. The minimum Gasteiger partial charge on any atom is -0.462 e. The Morgan fingerprint density at radius 3 is 1.27 bits per heavy atom. The Morgan fingerprint density at radius 2 is 0.903 bits per heavy atom. The largest absolute Gasteiger partial charge is 0.462 e. The Hall–Kier alpha value is -11.2. The average Bonchev–Trinajstić information content (AvgIpc) is 0.876. The number of hydrogen-bond acceptors (Lipinski definition) is 25. The first kappa shape index (κ1) is 117. The lowest BCUT2D eigenvalue weighted by Crippen LogP contribution is -2.57. The normalized spacial score (nSPS) is 21.8. The van der Waals surface area contributed by atoms with E-state index in [2.05, 4.69) is 77.5 Å². The molecule has 3 unspecified atom stereocenters. The zero-order valence-corrected chi connectivity index (χ0v) is 84.0. The molecule has 6 aromatic heterocycles. The molecule has 45 heteroatoms. The number of nitrogens with one attached hydrogen (secondary N) is 3. The highest BCUT2D eigenvalue weighted by molar-refractivity contribution is 7.59. The maximum atomic E-state index is 14.7. The van der Waals surface area contributed by atoms with Gasteiger partial charge in [0.15, 0.2) is 5.83 Å². The smallest absolute Gasteiger partial charge is 0.418 e. The van der Waals surface area contributed by atoms with Gasteiger partial charge in [0.2, 0.25) is 18.4 Å². The Balaban J connectivity index is 0.000000237. The second kappa shape index (κ2) is 48.2. The van der Waals surface area contributed by atoms with Gasteiger partial charge in [0.25, 0.3) is 5.91 Å². The number of alkyl halides is 9. The number of amides is 3. The number of aromatic amines is 3. The molecule has 32 nitrogen and oxygen atoms in total. The van der Waals surface area contributed by atoms with E-state index >= 15 is 0 Å². The van der Waals surface area contributed by atoms with Crippen LogP contribution in [0.3, 0.4) is 0 Å². The summed E-state index contributed by atoms with van der Waals surface area (Å²) in [4.78, 5) is 95.9. The van der Waals surface area contributed by atoms with E-state index < -0.39 is 58.3 Å². The number of carbonyl (C=O) groups excluding carboxylic acids is 3. The molecule has 9 aliphatic rings. The van der Waals surface area contributed by atoms with E-state index in [0.29, 0.717) is 187 Å². The van der Waals surface area contributed by atoms with Crippen LogP contribution in [0.4, 0.5) is 78.4 Å². The van der Waals surface area contributed by atoms with Crippen LogP contribution >= 0.6 is 40.5 Å². The van der Waals surface area contributed by atoms with Crippen molar-refractivity contribution in [1.82, 2.24) is 84.7 Å². The fourth-order valence-electron chi connectivity index (χ4n) is 21.1. The lowest BCUT2D eigenvalue weighted by molar-refractivity contribution is -0.138. The summed E-state index contributed by atoms with van der Waals surface area (Å²) in [5.74, 6) is -0.120. The Kier molecular flexibility index (Phi) is 39.0. The van der Waals surface area contributed by atoms with E-state index in [1.54, 1.807) is 53.6 Å². The number of likely N-dealkylation sites (tertiary alicyclic amines) is 3. The van der Waals surface area contributed by atoms with Crippen LogP contribution in [0.5, 0.6) is 18.0 Å². The molecule has 18 rings (SSSR count). The van der Waals surface area contributed by atoms with Crippen molar-refractivity contribution >= 4 is 125 Å². The summed E-state index contributed by atoms with van der Waals surface area (Å²) in [5.41, 5.74) is 5.32. The van der Waals surface area contributed by atoms with E-state index in [1.807, 2.05) is 46.9 Å². The number of methoxy groups -OCH3 is 1. The molecule has 7 atom stereocenters. The number of aryl methyl sites for hydroxylation is 3. The molecule has 3 aromatic carbocycles. The van der Waals surface area contributed by atoms with Crippen LogP contribution in [-0.2, 0) is 70.4 Å². The molecule has 0 radical (unpaired) electrons. The van der Waals surface area contributed by atoms with Crippen LogP contribution in [0.15, 0.2) is 79.6 Å². The van der Waals surface area contributed by atoms with Crippen molar-refractivity contribution in [3.05, 3.63) is 158 Å². The van der Waals surface area contributed by atoms with Gasteiger partial charge < -0.3 is 78.0 Å². The molecule has 0 aliphatic carbocycles. The molecule has 0 spiro atoms. The van der Waals surface area contributed by atoms with Crippen LogP contribution in [0.1, 0.15) is 137 Å². The number of hydrogen-bond donors (Lipinski definition) is 4. The number of aliphatic hydroxyl groups excluding tert-OH is 1. The summed E-state index contributed by atoms with van der Waals surface area (Å²) in [6, 6.07) is 6.61. The molecule has 15 heterocycles. The van der Waals surface area contributed by atoms with Gasteiger partial charge in [-0.25, -0.2) is 24.1 Å². The topological polar surface area (TPSA) is 302 Å². The number of nitrogens with zero attached hydrogens (tertiary/aromatic N) is 21. The predicted molar refractivity (Wildman–Crippen MR) is 560 cm³/mol. The maximum Gasteiger partial charge on any atom is 0.418 e. The standard InChI is InChI=1S/C33H40F2N8O2.C32H40F4N8O3.C31H38F4N8O3.4CH4.3H2S/c1-20-13-27-25(7-9-37-27)29(21(20)2)41-10-8-26-28(17-41)38-32(45-18-23-14-33(4,35)19-40(23)6)39-30(26)42-11-12-43(31(44)22(3)34)24(16-42)15-36-5;1-20-14-24-23(16-37-40-24)28(27(20)32(34,35)36)44-8-7-22-25(17-44)38-30(47-18-21-15-31(2,33)19-41(21)3)39-29(22)43-11-9-42(10-12-43)26(45)6-5-13-46-4;1-19-13-23-22(15-36-39-23)27(26(19)31(33,34)35)43-7-6-21-24(16-43)37-29(46-17-20-14-30(2,32)18-40(20)3)38-28(21)42-10-8-41(9-11-42)25(45)5-4-12-44;;;;;;;/h7,9,13,23-24,37H,3,8,10-12,14-19H2,1-2,4,6H3;5-6,14,16,21H,7-13,15,17-19H2,1-4H3,(H,37,40);4-5,13,15,20,44H,6-12,14,16-18H2,1-3H3,(H,36,39);4*1H4;3*1H2/b;6-5+;5-4+;;;;;;;/t23-,24-,33?;21-,31?;20-,30?;;;;;;;/m000......./s1. The highest BCUT2D eigenvalue weighted by Crippen LogP contribution is 2.49. The number of ether oxygens (including phenoxy) is 4. The molecule has 796 valence electrons. The number of carbonyl (C=O) groups is 3. The van der Waals surface area contributed by atoms with E-state index in [4.69, 9.17) is 60.5 Å². The number of likely N-dealkylation sites (N-methyl/N-ethyl adjacent to an activating group) is 3. The molecule has 145 heavy (non-hydrogen) atoms. The van der Waals surface area contributed by atoms with E-state index in [1.165, 1.54) is 78.3 Å². The lowest BCUT2D eigenvalue weighted by atomic mass is 9.98. The first-order chi connectivity index (χ1) is 65.6. The van der Waals surface area contributed by atoms with Crippen molar-refractivity contribution in [3.63, 3.8) is 0 Å². The van der Waals surface area contributed by atoms with Crippen molar-refractivity contribution in [2.75, 3.05) is 208 Å². The zero-order chi connectivity index (χ0) is 98.4. The molecular weight excluding hydrogens is 1950 g/mol. The van der Waals surface area contributed by atoms with Gasteiger partial charge in [-0.3, -0.25) is 39.3 Å². The highest BCUT2D eigenvalue weighted by atomic mass is 32.1. The second-order valence-electron chi connectivity index (χ2n) is 38.3. The molecule has 3 amide bonds. The SMILES string of the molecule is C.C.C.C.COC/C=C/C(=O)N1CCN(c2nc(OC[C@@H]3CC(C)(F)CN3C)nc3c2CCN(c2c(C(F)(F)F)c(C)cc4[nH]ncc24)C3)CC1.Cc1cc2[nH]ncc2c(N2CCc3c(nc(OC[C@@H]4CC(C)(F)CN4C)nc3N3CCN(C(=O)/C=C/CO)CC3)C2)c1C(F)(F)F.S.S.S.[C-]#[N+]C[C@H]1CN(c2nc(OC[C@@H]3CC(C)(F)CN3C)nc3c2CCN(c2c(C)c(C)cc4[nH]ccc24)C3)CCN1C(=O)C(=C)F. The van der Waals surface area contributed by atoms with Gasteiger partial charge in [-0.15, -0.1) is 0 Å². The van der Waals surface area contributed by atoms with E-state index in [-0.39, 0.29) is 206 Å². The maximum absolute atomic E-state index is 14.7. The number of rotatable bonds is 22. The van der Waals surface area contributed by atoms with Crippen LogP contribution in [-0.4, -0.2) is 328 Å². The van der Waals surface area contributed by atoms with Gasteiger partial charge in [0, 0.05) is 218 Å². The highest BCUT2D eigenvalue weighted by Gasteiger charge is 2.47. The van der Waals surface area contributed by atoms with E-state index in [9.17, 15) is 58.3 Å². The van der Waals surface area contributed by atoms with Crippen molar-refractivity contribution in [2.24, 2.45) is 0 Å². The fourth-order valence-corrected chi connectivity index (χ4v) is 21.1. The number of fused-ring (bicyclic) bond motifs is 6. The van der Waals surface area contributed by atoms with Gasteiger partial charge >= 0.3 is 30.4 Å². The van der Waals surface area contributed by atoms with Gasteiger partial charge in [0.05, 0.1) is 95.9 Å². The van der Waals surface area contributed by atoms with Crippen LogP contribution in [0.25, 0.3) is 37.6 Å². The first-order valence-electron chi connectivity index (χ1n) is 46.5. The number of aliphatic hydroxyl groups is 1. The van der Waals surface area contributed by atoms with Gasteiger partial charge in [-0.05, 0) is 135 Å². The predicted octanol–water partition coefficient (Wildman–Crippen LogP) is 14.4. The van der Waals surface area contributed by atoms with Crippen LogP contribution in [0.2, 0.25) is 0 Å². The minimum atomic E-state index is -4.59. The summed E-state index contributed by atoms with van der Waals surface area (Å²) in [5, 5.41) is 24.6. The van der Waals surface area contributed by atoms with Gasteiger partial charge in [-0.2, -0.15) is 107 Å². The number of H-pyrrole nitrogens is 3. The Morgan fingerprint density at radius 1 is 0.524 bits per heavy atom. The number of benzene rings is 3. The summed E-state index contributed by atoms with van der Waals surface area (Å²) < 4.78 is 168. The lowest BCUT2D eigenvalue weighted by Gasteiger charge is -2.41. The molecule has 0 bridgehead atoms. The molecule has 6 saturated heterocycles. The third-order valence-electron chi connectivity index (χ3n) is 27.8. The molecule has 4 N–H and O–H groups in total. The summed E-state index contributed by atoms with van der Waals surface area (Å²) >= 11 is 0.